The molecule has 1 atom stereocenters. The number of carbonyl (C=O) groups excluding carboxylic acids is 1. The number of rotatable bonds is 3. The van der Waals surface area contributed by atoms with Gasteiger partial charge < -0.3 is 10.6 Å². The summed E-state index contributed by atoms with van der Waals surface area (Å²) in [7, 11) is -3.67. The second-order valence-corrected chi connectivity index (χ2v) is 7.26. The van der Waals surface area contributed by atoms with Crippen LogP contribution in [0.15, 0.2) is 29.2 Å². The van der Waals surface area contributed by atoms with Gasteiger partial charge in [0.05, 0.1) is 10.9 Å². The molecule has 0 aromatic heterocycles. The van der Waals surface area contributed by atoms with Gasteiger partial charge in [-0.25, -0.2) is 12.8 Å². The van der Waals surface area contributed by atoms with Crippen LogP contribution in [0.3, 0.4) is 0 Å². The van der Waals surface area contributed by atoms with E-state index >= 15 is 0 Å². The van der Waals surface area contributed by atoms with Crippen LogP contribution in [0.5, 0.6) is 0 Å². The van der Waals surface area contributed by atoms with Crippen molar-refractivity contribution in [3.8, 4) is 0 Å². The fourth-order valence-electron chi connectivity index (χ4n) is 2.40. The highest BCUT2D eigenvalue weighted by molar-refractivity contribution is 7.89. The molecule has 1 fully saturated rings. The van der Waals surface area contributed by atoms with Gasteiger partial charge in [-0.05, 0) is 37.6 Å². The van der Waals surface area contributed by atoms with Crippen LogP contribution in [0.2, 0.25) is 0 Å². The zero-order valence-electron chi connectivity index (χ0n) is 12.8. The number of halogens is 2. The summed E-state index contributed by atoms with van der Waals surface area (Å²) in [6.45, 7) is 2.93. The van der Waals surface area contributed by atoms with E-state index in [9.17, 15) is 17.6 Å². The van der Waals surface area contributed by atoms with Crippen molar-refractivity contribution in [1.29, 1.82) is 0 Å². The van der Waals surface area contributed by atoms with E-state index < -0.39 is 21.9 Å². The number of hydrogen-bond donors (Lipinski definition) is 1. The Morgan fingerprint density at radius 1 is 1.17 bits per heavy atom. The lowest BCUT2D eigenvalue weighted by Crippen LogP contribution is -2.44. The van der Waals surface area contributed by atoms with Gasteiger partial charge in [0.25, 0.3) is 0 Å². The van der Waals surface area contributed by atoms with Crippen molar-refractivity contribution in [2.24, 2.45) is 5.73 Å². The van der Waals surface area contributed by atoms with Gasteiger partial charge in [0.2, 0.25) is 15.9 Å². The van der Waals surface area contributed by atoms with E-state index in [1.54, 1.807) is 11.8 Å². The average Bonchev–Trinajstić information content (AvgIpc) is 2.73. The normalized spacial score (nSPS) is 18.0. The maximum absolute atomic E-state index is 12.9. The first kappa shape index (κ1) is 19.8. The molecule has 6 nitrogen and oxygen atoms in total. The Balaban J connectivity index is 0.00000264. The fraction of sp³-hybridized carbons (Fsp3) is 0.500. The number of carbonyl (C=O) groups is 1. The van der Waals surface area contributed by atoms with Gasteiger partial charge in [-0.3, -0.25) is 4.79 Å². The van der Waals surface area contributed by atoms with Crippen molar-refractivity contribution in [2.45, 2.75) is 24.3 Å². The molecule has 2 N–H and O–H groups in total. The molecule has 0 radical (unpaired) electrons. The van der Waals surface area contributed by atoms with Crippen LogP contribution in [0.25, 0.3) is 0 Å². The second kappa shape index (κ2) is 8.05. The topological polar surface area (TPSA) is 83.7 Å². The molecule has 0 aliphatic carbocycles. The van der Waals surface area contributed by atoms with Crippen LogP contribution in [-0.2, 0) is 14.8 Å². The van der Waals surface area contributed by atoms with E-state index in [-0.39, 0.29) is 29.8 Å². The standard InChI is InChI=1S/C14H20FN3O3S.ClH/c1-11(16)14(19)17-7-2-8-18(10-9-17)22(20,21)13-5-3-12(15)4-6-13;/h3-6,11H,2,7-10,16H2,1H3;1H/t11-;/m1./s1. The largest absolute Gasteiger partial charge is 0.340 e. The molecular weight excluding hydrogens is 345 g/mol. The molecule has 1 aromatic carbocycles. The van der Waals surface area contributed by atoms with E-state index in [1.807, 2.05) is 0 Å². The molecule has 1 aromatic rings. The Morgan fingerprint density at radius 2 is 1.78 bits per heavy atom. The smallest absolute Gasteiger partial charge is 0.243 e. The monoisotopic (exact) mass is 365 g/mol. The van der Waals surface area contributed by atoms with Crippen molar-refractivity contribution in [1.82, 2.24) is 9.21 Å². The molecule has 9 heteroatoms. The Hall–Kier alpha value is -1.22. The highest BCUT2D eigenvalue weighted by atomic mass is 35.5. The van der Waals surface area contributed by atoms with Gasteiger partial charge in [0, 0.05) is 26.2 Å². The van der Waals surface area contributed by atoms with Crippen LogP contribution < -0.4 is 5.73 Å². The summed E-state index contributed by atoms with van der Waals surface area (Å²) in [6, 6.07) is 4.15. The Bertz CT molecular complexity index is 637. The van der Waals surface area contributed by atoms with Crippen molar-refractivity contribution >= 4 is 28.3 Å². The molecule has 1 saturated heterocycles. The third kappa shape index (κ3) is 4.63. The molecule has 0 spiro atoms. The molecule has 0 bridgehead atoms. The lowest BCUT2D eigenvalue weighted by molar-refractivity contribution is -0.132. The summed E-state index contributed by atoms with van der Waals surface area (Å²) in [4.78, 5) is 13.6. The van der Waals surface area contributed by atoms with Crippen molar-refractivity contribution in [3.05, 3.63) is 30.1 Å². The predicted octanol–water partition coefficient (Wildman–Crippen LogP) is 0.818. The van der Waals surface area contributed by atoms with E-state index in [4.69, 9.17) is 5.73 Å². The van der Waals surface area contributed by atoms with Crippen LogP contribution in [-0.4, -0.2) is 55.8 Å². The zero-order chi connectivity index (χ0) is 16.3. The first-order valence-corrected chi connectivity index (χ1v) is 8.56. The Kier molecular flexibility index (Phi) is 6.94. The highest BCUT2D eigenvalue weighted by Crippen LogP contribution is 2.18. The Labute approximate surface area is 141 Å². The molecule has 23 heavy (non-hydrogen) atoms. The van der Waals surface area contributed by atoms with Crippen LogP contribution in [0.4, 0.5) is 4.39 Å². The van der Waals surface area contributed by atoms with E-state index in [1.165, 1.54) is 16.4 Å². The summed E-state index contributed by atoms with van der Waals surface area (Å²) in [5.74, 6) is -0.662. The number of benzene rings is 1. The Morgan fingerprint density at radius 3 is 2.35 bits per heavy atom. The fourth-order valence-corrected chi connectivity index (χ4v) is 3.87. The first-order valence-electron chi connectivity index (χ1n) is 7.12. The maximum Gasteiger partial charge on any atom is 0.243 e. The molecular formula is C14H21ClFN3O3S. The summed E-state index contributed by atoms with van der Waals surface area (Å²) < 4.78 is 39.3. The number of amides is 1. The number of nitrogens with zero attached hydrogens (tertiary/aromatic N) is 2. The summed E-state index contributed by atoms with van der Waals surface area (Å²) in [6.07, 6.45) is 0.541. The zero-order valence-corrected chi connectivity index (χ0v) is 14.4. The SMILES string of the molecule is C[C@@H](N)C(=O)N1CCCN(S(=O)(=O)c2ccc(F)cc2)CC1.Cl. The van der Waals surface area contributed by atoms with Gasteiger partial charge in [-0.2, -0.15) is 4.31 Å². The van der Waals surface area contributed by atoms with Crippen LogP contribution in [0.1, 0.15) is 13.3 Å². The molecule has 1 amide bonds. The predicted molar refractivity (Wildman–Crippen MR) is 87.3 cm³/mol. The molecule has 0 saturated carbocycles. The molecule has 130 valence electrons. The molecule has 1 aliphatic rings. The van der Waals surface area contributed by atoms with Crippen molar-refractivity contribution < 1.29 is 17.6 Å². The van der Waals surface area contributed by atoms with Gasteiger partial charge in [-0.1, -0.05) is 0 Å². The van der Waals surface area contributed by atoms with Crippen molar-refractivity contribution in [3.63, 3.8) is 0 Å². The summed E-state index contributed by atoms with van der Waals surface area (Å²) in [5.41, 5.74) is 5.58. The lowest BCUT2D eigenvalue weighted by Gasteiger charge is -2.23. The minimum Gasteiger partial charge on any atom is -0.340 e. The number of sulfonamides is 1. The first-order chi connectivity index (χ1) is 10.3. The third-order valence-electron chi connectivity index (χ3n) is 3.61. The van der Waals surface area contributed by atoms with Gasteiger partial charge in [-0.15, -0.1) is 12.4 Å². The molecule has 2 rings (SSSR count). The van der Waals surface area contributed by atoms with E-state index in [0.717, 1.165) is 12.1 Å². The molecule has 0 unspecified atom stereocenters. The minimum absolute atomic E-state index is 0. The van der Waals surface area contributed by atoms with Crippen LogP contribution in [0, 0.1) is 5.82 Å². The average molecular weight is 366 g/mol. The van der Waals surface area contributed by atoms with Gasteiger partial charge in [0.15, 0.2) is 0 Å². The number of nitrogens with two attached hydrogens (primary N) is 1. The quantitative estimate of drug-likeness (QED) is 0.859. The summed E-state index contributed by atoms with van der Waals surface area (Å²) in [5, 5.41) is 0. The molecule has 1 aliphatic heterocycles. The van der Waals surface area contributed by atoms with E-state index in [0.29, 0.717) is 26.1 Å². The summed E-state index contributed by atoms with van der Waals surface area (Å²) >= 11 is 0. The highest BCUT2D eigenvalue weighted by Gasteiger charge is 2.28. The van der Waals surface area contributed by atoms with Gasteiger partial charge in [0.1, 0.15) is 5.82 Å². The minimum atomic E-state index is -3.67. The third-order valence-corrected chi connectivity index (χ3v) is 5.52. The van der Waals surface area contributed by atoms with Gasteiger partial charge >= 0.3 is 0 Å². The second-order valence-electron chi connectivity index (χ2n) is 5.33. The lowest BCUT2D eigenvalue weighted by atomic mass is 10.3. The van der Waals surface area contributed by atoms with Crippen molar-refractivity contribution in [2.75, 3.05) is 26.2 Å². The van der Waals surface area contributed by atoms with E-state index in [2.05, 4.69) is 0 Å². The number of hydrogen-bond acceptors (Lipinski definition) is 4. The molecule has 1 heterocycles. The van der Waals surface area contributed by atoms with Crippen LogP contribution >= 0.6 is 12.4 Å². The maximum atomic E-state index is 12.9.